The summed E-state index contributed by atoms with van der Waals surface area (Å²) in [5.74, 6) is -0.510. The first-order chi connectivity index (χ1) is 9.92. The molecule has 6 nitrogen and oxygen atoms in total. The summed E-state index contributed by atoms with van der Waals surface area (Å²) in [5.41, 5.74) is 0.240. The molecule has 1 heterocycles. The van der Waals surface area contributed by atoms with Crippen molar-refractivity contribution in [2.75, 3.05) is 6.54 Å². The molecule has 0 bridgehead atoms. The number of aliphatic carboxylic acids is 1. The zero-order chi connectivity index (χ0) is 15.1. The maximum Gasteiger partial charge on any atom is 0.303 e. The van der Waals surface area contributed by atoms with Gasteiger partial charge in [0, 0.05) is 17.5 Å². The van der Waals surface area contributed by atoms with E-state index < -0.39 is 16.0 Å². The molecule has 21 heavy (non-hydrogen) atoms. The van der Waals surface area contributed by atoms with Crippen LogP contribution in [0.5, 0.6) is 0 Å². The van der Waals surface area contributed by atoms with Crippen molar-refractivity contribution in [3.8, 4) is 0 Å². The second-order valence-electron chi connectivity index (χ2n) is 5.69. The highest BCUT2D eigenvalue weighted by Gasteiger charge is 2.39. The number of rotatable bonds is 4. The first-order valence-electron chi connectivity index (χ1n) is 6.80. The molecule has 0 unspecified atom stereocenters. The number of amidine groups is 1. The third kappa shape index (κ3) is 2.53. The van der Waals surface area contributed by atoms with E-state index in [-0.39, 0.29) is 16.7 Å². The van der Waals surface area contributed by atoms with Gasteiger partial charge in [-0.2, -0.15) is 0 Å². The summed E-state index contributed by atoms with van der Waals surface area (Å²) in [6.45, 7) is 0.339. The Kier molecular flexibility index (Phi) is 3.24. The molecule has 0 spiro atoms. The van der Waals surface area contributed by atoms with E-state index in [1.807, 2.05) is 0 Å². The number of carboxylic acids is 1. The van der Waals surface area contributed by atoms with E-state index in [4.69, 9.17) is 5.11 Å². The zero-order valence-electron chi connectivity index (χ0n) is 11.4. The minimum Gasteiger partial charge on any atom is -0.481 e. The van der Waals surface area contributed by atoms with Gasteiger partial charge in [-0.1, -0.05) is 18.6 Å². The second kappa shape index (κ2) is 4.84. The van der Waals surface area contributed by atoms with E-state index in [2.05, 4.69) is 9.71 Å². The van der Waals surface area contributed by atoms with Crippen LogP contribution in [-0.4, -0.2) is 31.9 Å². The molecule has 0 amide bonds. The van der Waals surface area contributed by atoms with Crippen LogP contribution in [0.15, 0.2) is 34.2 Å². The molecule has 1 aromatic rings. The van der Waals surface area contributed by atoms with Gasteiger partial charge in [-0.3, -0.25) is 14.5 Å². The van der Waals surface area contributed by atoms with Crippen molar-refractivity contribution in [1.29, 1.82) is 0 Å². The number of hydrogen-bond donors (Lipinski definition) is 2. The maximum atomic E-state index is 12.0. The smallest absolute Gasteiger partial charge is 0.303 e. The number of nitrogens with zero attached hydrogens (tertiary/aromatic N) is 1. The van der Waals surface area contributed by atoms with Crippen LogP contribution in [0.2, 0.25) is 0 Å². The number of fused-ring (bicyclic) bond motifs is 1. The van der Waals surface area contributed by atoms with Gasteiger partial charge < -0.3 is 5.11 Å². The Morgan fingerprint density at radius 3 is 2.67 bits per heavy atom. The molecule has 3 rings (SSSR count). The van der Waals surface area contributed by atoms with E-state index in [1.54, 1.807) is 18.2 Å². The van der Waals surface area contributed by atoms with Gasteiger partial charge in [0.2, 0.25) is 0 Å². The Morgan fingerprint density at radius 2 is 2.05 bits per heavy atom. The van der Waals surface area contributed by atoms with Gasteiger partial charge >= 0.3 is 5.97 Å². The first-order valence-corrected chi connectivity index (χ1v) is 8.29. The van der Waals surface area contributed by atoms with Crippen molar-refractivity contribution < 1.29 is 18.3 Å². The van der Waals surface area contributed by atoms with Gasteiger partial charge in [-0.05, 0) is 25.0 Å². The highest BCUT2D eigenvalue weighted by molar-refractivity contribution is 7.90. The van der Waals surface area contributed by atoms with Crippen molar-refractivity contribution in [2.24, 2.45) is 10.4 Å². The predicted molar refractivity (Wildman–Crippen MR) is 76.7 cm³/mol. The largest absolute Gasteiger partial charge is 0.481 e. The third-order valence-corrected chi connectivity index (χ3v) is 5.57. The van der Waals surface area contributed by atoms with Crippen LogP contribution in [0.3, 0.4) is 0 Å². The third-order valence-electron chi connectivity index (χ3n) is 4.18. The summed E-state index contributed by atoms with van der Waals surface area (Å²) in [6, 6.07) is 6.67. The van der Waals surface area contributed by atoms with Crippen LogP contribution < -0.4 is 4.72 Å². The molecule has 1 saturated carbocycles. The Balaban J connectivity index is 1.87. The normalized spacial score (nSPS) is 23.1. The number of sulfonamides is 1. The summed E-state index contributed by atoms with van der Waals surface area (Å²) >= 11 is 0. The molecular weight excluding hydrogens is 292 g/mol. The van der Waals surface area contributed by atoms with E-state index in [1.165, 1.54) is 6.07 Å². The Hall–Kier alpha value is -1.89. The number of hydrogen-bond acceptors (Lipinski definition) is 4. The standard InChI is InChI=1S/C14H16N2O4S/c17-12(18)8-14(6-3-7-14)9-15-13-10-4-1-2-5-11(10)21(19,20)16-13/h1-2,4-5H,3,6-9H2,(H,15,16)(H,17,18). The molecule has 1 aliphatic heterocycles. The van der Waals surface area contributed by atoms with Crippen LogP contribution >= 0.6 is 0 Å². The second-order valence-corrected chi connectivity index (χ2v) is 7.34. The van der Waals surface area contributed by atoms with Crippen molar-refractivity contribution in [1.82, 2.24) is 4.72 Å². The van der Waals surface area contributed by atoms with E-state index in [0.717, 1.165) is 19.3 Å². The van der Waals surface area contributed by atoms with Gasteiger partial charge in [0.15, 0.2) is 0 Å². The molecule has 7 heteroatoms. The van der Waals surface area contributed by atoms with Gasteiger partial charge in [0.1, 0.15) is 5.84 Å². The van der Waals surface area contributed by atoms with Crippen molar-refractivity contribution in [3.05, 3.63) is 29.8 Å². The molecule has 2 aliphatic rings. The molecule has 2 N–H and O–H groups in total. The first kappa shape index (κ1) is 14.1. The summed E-state index contributed by atoms with van der Waals surface area (Å²) in [5, 5.41) is 8.99. The molecule has 0 aromatic heterocycles. The average molecular weight is 308 g/mol. The van der Waals surface area contributed by atoms with Gasteiger partial charge in [-0.15, -0.1) is 0 Å². The quantitative estimate of drug-likeness (QED) is 0.878. The highest BCUT2D eigenvalue weighted by Crippen LogP contribution is 2.44. The molecule has 0 atom stereocenters. The predicted octanol–water partition coefficient (Wildman–Crippen LogP) is 1.37. The number of aliphatic imine (C=N–C) groups is 1. The topological polar surface area (TPSA) is 95.8 Å². The van der Waals surface area contributed by atoms with Crippen LogP contribution in [0.4, 0.5) is 0 Å². The SMILES string of the molecule is O=C(O)CC1(CN=C2NS(=O)(=O)c3ccccc32)CCC1. The molecule has 1 aliphatic carbocycles. The fraction of sp³-hybridized carbons (Fsp3) is 0.429. The summed E-state index contributed by atoms with van der Waals surface area (Å²) in [6.07, 6.45) is 2.73. The van der Waals surface area contributed by atoms with Crippen LogP contribution in [0.25, 0.3) is 0 Å². The Bertz CT molecular complexity index is 720. The number of carboxylic acid groups (broad SMARTS) is 1. The lowest BCUT2D eigenvalue weighted by Crippen LogP contribution is -2.36. The van der Waals surface area contributed by atoms with Crippen molar-refractivity contribution in [3.63, 3.8) is 0 Å². The lowest BCUT2D eigenvalue weighted by atomic mass is 9.66. The fourth-order valence-corrected chi connectivity index (χ4v) is 4.14. The lowest BCUT2D eigenvalue weighted by Gasteiger charge is -2.39. The number of nitrogens with one attached hydrogen (secondary N) is 1. The summed E-state index contributed by atoms with van der Waals surface area (Å²) in [7, 11) is -3.53. The zero-order valence-corrected chi connectivity index (χ0v) is 12.2. The van der Waals surface area contributed by atoms with Gasteiger partial charge in [-0.25, -0.2) is 8.42 Å². The average Bonchev–Trinajstić information content (AvgIpc) is 2.65. The van der Waals surface area contributed by atoms with Crippen LogP contribution in [0.1, 0.15) is 31.2 Å². The van der Waals surface area contributed by atoms with Crippen molar-refractivity contribution >= 4 is 21.8 Å². The molecular formula is C14H16N2O4S. The Labute approximate surface area is 123 Å². The maximum absolute atomic E-state index is 12.0. The lowest BCUT2D eigenvalue weighted by molar-refractivity contribution is -0.141. The molecule has 1 fully saturated rings. The van der Waals surface area contributed by atoms with E-state index >= 15 is 0 Å². The molecule has 1 aromatic carbocycles. The summed E-state index contributed by atoms with van der Waals surface area (Å²) < 4.78 is 26.4. The molecule has 0 saturated heterocycles. The Morgan fingerprint density at radius 1 is 1.33 bits per heavy atom. The van der Waals surface area contributed by atoms with Crippen LogP contribution in [-0.2, 0) is 14.8 Å². The monoisotopic (exact) mass is 308 g/mol. The van der Waals surface area contributed by atoms with Crippen LogP contribution in [0, 0.1) is 5.41 Å². The van der Waals surface area contributed by atoms with Gasteiger partial charge in [0.05, 0.1) is 11.3 Å². The van der Waals surface area contributed by atoms with E-state index in [0.29, 0.717) is 17.9 Å². The number of benzene rings is 1. The molecule has 112 valence electrons. The molecule has 0 radical (unpaired) electrons. The van der Waals surface area contributed by atoms with E-state index in [9.17, 15) is 13.2 Å². The van der Waals surface area contributed by atoms with Crippen molar-refractivity contribution in [2.45, 2.75) is 30.6 Å². The summed E-state index contributed by atoms with van der Waals surface area (Å²) in [4.78, 5) is 15.5. The highest BCUT2D eigenvalue weighted by atomic mass is 32.2. The van der Waals surface area contributed by atoms with Gasteiger partial charge in [0.25, 0.3) is 10.0 Å². The fourth-order valence-electron chi connectivity index (χ4n) is 2.89. The minimum absolute atomic E-state index is 0.0815. The minimum atomic E-state index is -3.53. The number of carbonyl (C=O) groups is 1.